The first kappa shape index (κ1) is 21.3. The van der Waals surface area contributed by atoms with E-state index >= 15 is 0 Å². The molecule has 0 spiro atoms. The maximum atomic E-state index is 10.6. The van der Waals surface area contributed by atoms with Crippen LogP contribution in [0.25, 0.3) is 17.2 Å². The van der Waals surface area contributed by atoms with Gasteiger partial charge in [0.25, 0.3) is 0 Å². The van der Waals surface area contributed by atoms with Gasteiger partial charge in [-0.1, -0.05) is 65.7 Å². The first-order valence-corrected chi connectivity index (χ1v) is 8.96. The number of aliphatic carboxylic acids is 1. The van der Waals surface area contributed by atoms with Crippen molar-refractivity contribution in [3.63, 3.8) is 0 Å². The van der Waals surface area contributed by atoms with Crippen LogP contribution in [0, 0.1) is 0 Å². The van der Waals surface area contributed by atoms with Gasteiger partial charge in [0, 0.05) is 12.0 Å². The van der Waals surface area contributed by atoms with Gasteiger partial charge in [0.05, 0.1) is 35.8 Å². The van der Waals surface area contributed by atoms with E-state index in [1.54, 1.807) is 12.1 Å². The number of carboxylic acid groups (broad SMARTS) is 1. The van der Waals surface area contributed by atoms with Gasteiger partial charge < -0.3 is 20.1 Å². The molecule has 2 aromatic carbocycles. The summed E-state index contributed by atoms with van der Waals surface area (Å²) >= 11 is 12.7. The standard InChI is InChI=1S/C20H20Cl2O5/c1-27-20-17(21)11-16(12-5-3-2-4-6-12)15(19(20)22)8-7-13(23)9-14(24)10-18(25)26/h2-8,11,13-14,23-24H,9-10H2,1H3,(H,25,26). The van der Waals surface area contributed by atoms with Crippen LogP contribution in [-0.4, -0.2) is 40.6 Å². The van der Waals surface area contributed by atoms with Crippen LogP contribution in [0.1, 0.15) is 18.4 Å². The maximum absolute atomic E-state index is 10.6. The third kappa shape index (κ3) is 5.71. The molecule has 0 bridgehead atoms. The Morgan fingerprint density at radius 1 is 1.22 bits per heavy atom. The van der Waals surface area contributed by atoms with Crippen molar-refractivity contribution in [2.75, 3.05) is 7.11 Å². The van der Waals surface area contributed by atoms with Gasteiger partial charge in [-0.3, -0.25) is 4.79 Å². The molecule has 5 nitrogen and oxygen atoms in total. The second-order valence-corrected chi connectivity index (χ2v) is 6.73. The van der Waals surface area contributed by atoms with Crippen molar-refractivity contribution in [1.29, 1.82) is 0 Å². The number of carboxylic acids is 1. The minimum atomic E-state index is -1.15. The van der Waals surface area contributed by atoms with E-state index in [0.717, 1.165) is 11.1 Å². The van der Waals surface area contributed by atoms with E-state index < -0.39 is 24.6 Å². The van der Waals surface area contributed by atoms with Crippen molar-refractivity contribution >= 4 is 35.2 Å². The summed E-state index contributed by atoms with van der Waals surface area (Å²) < 4.78 is 5.26. The van der Waals surface area contributed by atoms with Gasteiger partial charge in [-0.15, -0.1) is 0 Å². The highest BCUT2D eigenvalue weighted by atomic mass is 35.5. The Labute approximate surface area is 167 Å². The molecule has 2 aromatic rings. The Bertz CT molecular complexity index is 821. The van der Waals surface area contributed by atoms with Crippen molar-refractivity contribution < 1.29 is 24.9 Å². The highest BCUT2D eigenvalue weighted by Gasteiger charge is 2.17. The molecule has 0 saturated heterocycles. The molecule has 0 amide bonds. The minimum absolute atomic E-state index is 0.105. The molecular weight excluding hydrogens is 391 g/mol. The van der Waals surface area contributed by atoms with Gasteiger partial charge in [-0.2, -0.15) is 0 Å². The van der Waals surface area contributed by atoms with Crippen LogP contribution >= 0.6 is 23.2 Å². The summed E-state index contributed by atoms with van der Waals surface area (Å²) in [4.78, 5) is 10.6. The number of rotatable bonds is 8. The second-order valence-electron chi connectivity index (χ2n) is 5.95. The summed E-state index contributed by atoms with van der Waals surface area (Å²) in [6.45, 7) is 0. The van der Waals surface area contributed by atoms with E-state index in [9.17, 15) is 15.0 Å². The fraction of sp³-hybridized carbons (Fsp3) is 0.250. The molecule has 2 atom stereocenters. The number of aliphatic hydroxyl groups is 2. The van der Waals surface area contributed by atoms with Crippen LogP contribution in [0.4, 0.5) is 0 Å². The van der Waals surface area contributed by atoms with Gasteiger partial charge in [0.15, 0.2) is 5.75 Å². The van der Waals surface area contributed by atoms with Crippen molar-refractivity contribution in [2.45, 2.75) is 25.0 Å². The predicted molar refractivity (Wildman–Crippen MR) is 106 cm³/mol. The molecule has 0 saturated carbocycles. The van der Waals surface area contributed by atoms with Crippen molar-refractivity contribution in [2.24, 2.45) is 0 Å². The van der Waals surface area contributed by atoms with E-state index in [1.807, 2.05) is 30.3 Å². The zero-order valence-electron chi connectivity index (χ0n) is 14.6. The largest absolute Gasteiger partial charge is 0.494 e. The summed E-state index contributed by atoms with van der Waals surface area (Å²) in [5.74, 6) is -0.811. The number of hydrogen-bond donors (Lipinski definition) is 3. The quantitative estimate of drug-likeness (QED) is 0.604. The lowest BCUT2D eigenvalue weighted by Gasteiger charge is -2.15. The summed E-state index contributed by atoms with van der Waals surface area (Å²) in [5.41, 5.74) is 2.22. The summed E-state index contributed by atoms with van der Waals surface area (Å²) in [5, 5.41) is 29.1. The van der Waals surface area contributed by atoms with Crippen LogP contribution in [0.15, 0.2) is 42.5 Å². The number of hydrogen-bond acceptors (Lipinski definition) is 4. The molecule has 2 rings (SSSR count). The Balaban J connectivity index is 2.38. The zero-order chi connectivity index (χ0) is 20.0. The molecule has 144 valence electrons. The molecule has 3 N–H and O–H groups in total. The van der Waals surface area contributed by atoms with Crippen molar-refractivity contribution in [3.8, 4) is 16.9 Å². The maximum Gasteiger partial charge on any atom is 0.305 e. The molecule has 2 unspecified atom stereocenters. The van der Waals surface area contributed by atoms with Crippen LogP contribution in [0.3, 0.4) is 0 Å². The molecular formula is C20H20Cl2O5. The lowest BCUT2D eigenvalue weighted by Crippen LogP contribution is -2.19. The van der Waals surface area contributed by atoms with Crippen molar-refractivity contribution in [3.05, 3.63) is 58.1 Å². The molecule has 0 aliphatic rings. The molecule has 27 heavy (non-hydrogen) atoms. The normalized spacial score (nSPS) is 13.5. The van der Waals surface area contributed by atoms with E-state index in [-0.39, 0.29) is 6.42 Å². The van der Waals surface area contributed by atoms with E-state index in [0.29, 0.717) is 21.4 Å². The molecule has 0 aliphatic heterocycles. The highest BCUT2D eigenvalue weighted by Crippen LogP contribution is 2.42. The first-order valence-electron chi connectivity index (χ1n) is 8.21. The van der Waals surface area contributed by atoms with Crippen LogP contribution in [0.2, 0.25) is 10.0 Å². The Kier molecular flexibility index (Phi) is 7.68. The number of ether oxygens (including phenoxy) is 1. The first-order chi connectivity index (χ1) is 12.8. The molecule has 0 aliphatic carbocycles. The summed E-state index contributed by atoms with van der Waals surface area (Å²) in [6, 6.07) is 11.2. The Morgan fingerprint density at radius 2 is 1.89 bits per heavy atom. The van der Waals surface area contributed by atoms with Crippen LogP contribution < -0.4 is 4.74 Å². The smallest absolute Gasteiger partial charge is 0.305 e. The Morgan fingerprint density at radius 3 is 2.48 bits per heavy atom. The fourth-order valence-corrected chi connectivity index (χ4v) is 3.34. The van der Waals surface area contributed by atoms with Gasteiger partial charge in [0.2, 0.25) is 0 Å². The summed E-state index contributed by atoms with van der Waals surface area (Å²) in [7, 11) is 1.46. The van der Waals surface area contributed by atoms with E-state index in [1.165, 1.54) is 13.2 Å². The number of aliphatic hydroxyl groups excluding tert-OH is 2. The third-order valence-electron chi connectivity index (χ3n) is 3.91. The van der Waals surface area contributed by atoms with Crippen LogP contribution in [0.5, 0.6) is 5.75 Å². The predicted octanol–water partition coefficient (Wildman–Crippen LogP) is 4.27. The molecule has 7 heteroatoms. The van der Waals surface area contributed by atoms with E-state index in [2.05, 4.69) is 0 Å². The molecule has 0 radical (unpaired) electrons. The summed E-state index contributed by atoms with van der Waals surface area (Å²) in [6.07, 6.45) is 0.335. The monoisotopic (exact) mass is 410 g/mol. The number of carbonyl (C=O) groups is 1. The van der Waals surface area contributed by atoms with Gasteiger partial charge >= 0.3 is 5.97 Å². The average Bonchev–Trinajstić information content (AvgIpc) is 2.60. The lowest BCUT2D eigenvalue weighted by molar-refractivity contribution is -0.139. The molecule has 0 fully saturated rings. The number of halogens is 2. The average molecular weight is 411 g/mol. The number of benzene rings is 2. The topological polar surface area (TPSA) is 87.0 Å². The van der Waals surface area contributed by atoms with Crippen molar-refractivity contribution in [1.82, 2.24) is 0 Å². The SMILES string of the molecule is COc1c(Cl)cc(-c2ccccc2)c(C=CC(O)CC(O)CC(=O)O)c1Cl. The second kappa shape index (κ2) is 9.76. The van der Waals surface area contributed by atoms with Gasteiger partial charge in [-0.05, 0) is 17.2 Å². The molecule has 0 aromatic heterocycles. The highest BCUT2D eigenvalue weighted by molar-refractivity contribution is 6.38. The minimum Gasteiger partial charge on any atom is -0.494 e. The lowest BCUT2D eigenvalue weighted by atomic mass is 9.98. The Hall–Kier alpha value is -2.05. The molecule has 0 heterocycles. The van der Waals surface area contributed by atoms with Crippen LogP contribution in [-0.2, 0) is 4.79 Å². The number of methoxy groups -OCH3 is 1. The zero-order valence-corrected chi connectivity index (χ0v) is 16.1. The van der Waals surface area contributed by atoms with Gasteiger partial charge in [0.1, 0.15) is 0 Å². The van der Waals surface area contributed by atoms with Gasteiger partial charge in [-0.25, -0.2) is 0 Å². The fourth-order valence-electron chi connectivity index (χ4n) is 2.67. The van der Waals surface area contributed by atoms with E-state index in [4.69, 9.17) is 33.0 Å². The third-order valence-corrected chi connectivity index (χ3v) is 4.57.